The van der Waals surface area contributed by atoms with Gasteiger partial charge in [-0.3, -0.25) is 14.4 Å². The number of rotatable bonds is 1. The molecule has 1 N–H and O–H groups in total. The van der Waals surface area contributed by atoms with Crippen molar-refractivity contribution >= 4 is 17.7 Å². The van der Waals surface area contributed by atoms with Crippen LogP contribution in [0, 0.1) is 5.92 Å². The lowest BCUT2D eigenvalue weighted by Crippen LogP contribution is -2.55. The van der Waals surface area contributed by atoms with Crippen LogP contribution in [0.2, 0.25) is 0 Å². The van der Waals surface area contributed by atoms with E-state index in [-0.39, 0.29) is 18.5 Å². The molecule has 0 aromatic carbocycles. The third kappa shape index (κ3) is 2.89. The molecule has 3 aliphatic rings. The molecule has 0 spiro atoms. The Balaban J connectivity index is 1.65. The molecule has 21 heavy (non-hydrogen) atoms. The number of carbonyl (C=O) groups is 3. The Hall–Kier alpha value is -1.59. The Bertz CT molecular complexity index is 445. The van der Waals surface area contributed by atoms with Crippen LogP contribution in [-0.2, 0) is 14.4 Å². The molecule has 6 nitrogen and oxygen atoms in total. The summed E-state index contributed by atoms with van der Waals surface area (Å²) in [5, 5.41) is 2.67. The lowest BCUT2D eigenvalue weighted by Gasteiger charge is -2.32. The largest absolute Gasteiger partial charge is 0.353 e. The summed E-state index contributed by atoms with van der Waals surface area (Å²) in [4.78, 5) is 39.4. The summed E-state index contributed by atoms with van der Waals surface area (Å²) in [6, 6.07) is 0.238. The van der Waals surface area contributed by atoms with Gasteiger partial charge in [0.2, 0.25) is 5.91 Å². The van der Waals surface area contributed by atoms with Gasteiger partial charge in [-0.05, 0) is 31.6 Å². The van der Waals surface area contributed by atoms with Crippen molar-refractivity contribution in [3.63, 3.8) is 0 Å². The van der Waals surface area contributed by atoms with Crippen LogP contribution >= 0.6 is 0 Å². The predicted octanol–water partition coefficient (Wildman–Crippen LogP) is 0.126. The summed E-state index contributed by atoms with van der Waals surface area (Å²) in [5.74, 6) is -0.529. The quantitative estimate of drug-likeness (QED) is 0.699. The van der Waals surface area contributed by atoms with E-state index < -0.39 is 11.8 Å². The fraction of sp³-hybridized carbons (Fsp3) is 0.800. The Morgan fingerprint density at radius 3 is 2.48 bits per heavy atom. The van der Waals surface area contributed by atoms with Gasteiger partial charge in [0.15, 0.2) is 0 Å². The van der Waals surface area contributed by atoms with E-state index in [2.05, 4.69) is 5.32 Å². The molecule has 2 saturated heterocycles. The maximum Gasteiger partial charge on any atom is 0.312 e. The Kier molecular flexibility index (Phi) is 4.12. The maximum atomic E-state index is 12.5. The van der Waals surface area contributed by atoms with Crippen LogP contribution in [-0.4, -0.2) is 59.7 Å². The topological polar surface area (TPSA) is 69.7 Å². The number of amides is 3. The van der Waals surface area contributed by atoms with Crippen molar-refractivity contribution in [3.8, 4) is 0 Å². The Morgan fingerprint density at radius 2 is 1.76 bits per heavy atom. The summed E-state index contributed by atoms with van der Waals surface area (Å²) >= 11 is 0. The first kappa shape index (κ1) is 14.4. The lowest BCUT2D eigenvalue weighted by molar-refractivity contribution is -0.154. The van der Waals surface area contributed by atoms with Gasteiger partial charge in [-0.2, -0.15) is 0 Å². The third-order valence-electron chi connectivity index (χ3n) is 5.01. The molecule has 2 heterocycles. The molecule has 3 rings (SSSR count). The van der Waals surface area contributed by atoms with Crippen molar-refractivity contribution in [1.82, 2.24) is 15.1 Å². The van der Waals surface area contributed by atoms with Gasteiger partial charge in [0.1, 0.15) is 6.54 Å². The van der Waals surface area contributed by atoms with E-state index in [1.54, 1.807) is 4.90 Å². The van der Waals surface area contributed by atoms with Gasteiger partial charge in [-0.25, -0.2) is 0 Å². The number of likely N-dealkylation sites (tertiary alicyclic amines) is 1. The van der Waals surface area contributed by atoms with E-state index in [0.717, 1.165) is 12.8 Å². The fourth-order valence-electron chi connectivity index (χ4n) is 3.95. The zero-order valence-corrected chi connectivity index (χ0v) is 12.3. The summed E-state index contributed by atoms with van der Waals surface area (Å²) < 4.78 is 0. The molecular weight excluding hydrogens is 270 g/mol. The van der Waals surface area contributed by atoms with E-state index >= 15 is 0 Å². The van der Waals surface area contributed by atoms with Crippen molar-refractivity contribution in [1.29, 1.82) is 0 Å². The Labute approximate surface area is 124 Å². The van der Waals surface area contributed by atoms with Gasteiger partial charge < -0.3 is 15.1 Å². The second kappa shape index (κ2) is 6.03. The van der Waals surface area contributed by atoms with Crippen LogP contribution in [0.5, 0.6) is 0 Å². The van der Waals surface area contributed by atoms with Gasteiger partial charge in [0.05, 0.1) is 0 Å². The first-order chi connectivity index (χ1) is 10.2. The molecule has 1 unspecified atom stereocenters. The summed E-state index contributed by atoms with van der Waals surface area (Å²) in [5.41, 5.74) is 0. The summed E-state index contributed by atoms with van der Waals surface area (Å²) in [6.45, 7) is 1.56. The standard InChI is InChI=1S/C15H23N3O3/c19-13-10-17(9-7-16-13)14(20)15(21)18-8-3-6-12(18)11-4-1-2-5-11/h11-12H,1-10H2,(H,16,19). The molecular formula is C15H23N3O3. The molecule has 116 valence electrons. The minimum atomic E-state index is -0.505. The van der Waals surface area contributed by atoms with Gasteiger partial charge in [-0.15, -0.1) is 0 Å². The second-order valence-corrected chi connectivity index (χ2v) is 6.33. The van der Waals surface area contributed by atoms with Gasteiger partial charge in [-0.1, -0.05) is 12.8 Å². The minimum absolute atomic E-state index is 0.00646. The molecule has 0 bridgehead atoms. The van der Waals surface area contributed by atoms with E-state index in [1.165, 1.54) is 30.6 Å². The molecule has 0 aromatic rings. The molecule has 0 radical (unpaired) electrons. The second-order valence-electron chi connectivity index (χ2n) is 6.33. The van der Waals surface area contributed by atoms with E-state index in [0.29, 0.717) is 25.6 Å². The molecule has 1 saturated carbocycles. The highest BCUT2D eigenvalue weighted by Gasteiger charge is 2.39. The van der Waals surface area contributed by atoms with Crippen molar-refractivity contribution < 1.29 is 14.4 Å². The van der Waals surface area contributed by atoms with Crippen LogP contribution < -0.4 is 5.32 Å². The smallest absolute Gasteiger partial charge is 0.312 e. The van der Waals surface area contributed by atoms with E-state index in [1.807, 2.05) is 0 Å². The molecule has 6 heteroatoms. The number of hydrogen-bond donors (Lipinski definition) is 1. The average Bonchev–Trinajstić information content (AvgIpc) is 3.16. The highest BCUT2D eigenvalue weighted by molar-refractivity contribution is 6.35. The average molecular weight is 293 g/mol. The number of nitrogens with one attached hydrogen (secondary N) is 1. The van der Waals surface area contributed by atoms with Crippen molar-refractivity contribution in [3.05, 3.63) is 0 Å². The zero-order valence-electron chi connectivity index (χ0n) is 12.3. The number of nitrogens with zero attached hydrogens (tertiary/aromatic N) is 2. The summed E-state index contributed by atoms with van der Waals surface area (Å²) in [6.07, 6.45) is 6.83. The van der Waals surface area contributed by atoms with E-state index in [9.17, 15) is 14.4 Å². The minimum Gasteiger partial charge on any atom is -0.353 e. The lowest BCUT2D eigenvalue weighted by atomic mass is 9.96. The van der Waals surface area contributed by atoms with Crippen LogP contribution in [0.3, 0.4) is 0 Å². The van der Waals surface area contributed by atoms with Gasteiger partial charge in [0, 0.05) is 25.7 Å². The predicted molar refractivity (Wildman–Crippen MR) is 76.3 cm³/mol. The van der Waals surface area contributed by atoms with Crippen molar-refractivity contribution in [2.24, 2.45) is 5.92 Å². The van der Waals surface area contributed by atoms with Crippen molar-refractivity contribution in [2.75, 3.05) is 26.2 Å². The summed E-state index contributed by atoms with van der Waals surface area (Å²) in [7, 11) is 0. The Morgan fingerprint density at radius 1 is 1.00 bits per heavy atom. The number of hydrogen-bond acceptors (Lipinski definition) is 3. The van der Waals surface area contributed by atoms with Crippen LogP contribution in [0.4, 0.5) is 0 Å². The van der Waals surface area contributed by atoms with Crippen LogP contribution in [0.15, 0.2) is 0 Å². The number of piperazine rings is 1. The molecule has 1 aliphatic carbocycles. The van der Waals surface area contributed by atoms with Crippen molar-refractivity contribution in [2.45, 2.75) is 44.6 Å². The van der Waals surface area contributed by atoms with Crippen LogP contribution in [0.1, 0.15) is 38.5 Å². The highest BCUT2D eigenvalue weighted by Crippen LogP contribution is 2.35. The maximum absolute atomic E-state index is 12.5. The molecule has 0 aromatic heterocycles. The SMILES string of the molecule is O=C1CN(C(=O)C(=O)N2CCCC2C2CCCC2)CCN1. The fourth-order valence-corrected chi connectivity index (χ4v) is 3.95. The zero-order chi connectivity index (χ0) is 14.8. The van der Waals surface area contributed by atoms with Gasteiger partial charge >= 0.3 is 11.8 Å². The van der Waals surface area contributed by atoms with Gasteiger partial charge in [0.25, 0.3) is 0 Å². The first-order valence-corrected chi connectivity index (χ1v) is 8.03. The monoisotopic (exact) mass is 293 g/mol. The van der Waals surface area contributed by atoms with E-state index in [4.69, 9.17) is 0 Å². The normalized spacial score (nSPS) is 27.0. The third-order valence-corrected chi connectivity index (χ3v) is 5.01. The molecule has 2 aliphatic heterocycles. The van der Waals surface area contributed by atoms with Crippen LogP contribution in [0.25, 0.3) is 0 Å². The number of carbonyl (C=O) groups excluding carboxylic acids is 3. The first-order valence-electron chi connectivity index (χ1n) is 8.03. The highest BCUT2D eigenvalue weighted by atomic mass is 16.2. The molecule has 1 atom stereocenters. The molecule has 3 fully saturated rings. The molecule has 3 amide bonds.